The Morgan fingerprint density at radius 1 is 1.24 bits per heavy atom. The van der Waals surface area contributed by atoms with E-state index in [1.807, 2.05) is 0 Å². The summed E-state index contributed by atoms with van der Waals surface area (Å²) >= 11 is 5.69. The number of hydrogen-bond acceptors (Lipinski definition) is 2. The fraction of sp³-hybridized carbons (Fsp3) is 0.538. The van der Waals surface area contributed by atoms with Crippen LogP contribution in [0.1, 0.15) is 38.5 Å². The Morgan fingerprint density at radius 2 is 1.94 bits per heavy atom. The third kappa shape index (κ3) is 3.70. The van der Waals surface area contributed by atoms with Crippen LogP contribution in [0.25, 0.3) is 0 Å². The summed E-state index contributed by atoms with van der Waals surface area (Å²) in [5.41, 5.74) is 0.726. The number of aromatic nitrogens is 1. The van der Waals surface area contributed by atoms with Crippen LogP contribution < -0.4 is 5.32 Å². The topological polar surface area (TPSA) is 42.0 Å². The lowest BCUT2D eigenvalue weighted by atomic mass is 9.99. The fourth-order valence-electron chi connectivity index (χ4n) is 2.24. The Morgan fingerprint density at radius 3 is 2.53 bits per heavy atom. The zero-order chi connectivity index (χ0) is 12.1. The molecule has 1 aliphatic carbocycles. The minimum absolute atomic E-state index is 0.121. The SMILES string of the molecule is O=C(Nc1ccc(Cl)nc1)C1CCCCCC1. The maximum Gasteiger partial charge on any atom is 0.227 e. The molecule has 1 saturated carbocycles. The summed E-state index contributed by atoms with van der Waals surface area (Å²) in [6.45, 7) is 0. The second-order valence-corrected chi connectivity index (χ2v) is 4.93. The lowest BCUT2D eigenvalue weighted by Crippen LogP contribution is -2.22. The molecule has 1 aliphatic rings. The van der Waals surface area contributed by atoms with Crippen LogP contribution >= 0.6 is 11.6 Å². The Balaban J connectivity index is 1.93. The van der Waals surface area contributed by atoms with Crippen LogP contribution in [0.15, 0.2) is 18.3 Å². The van der Waals surface area contributed by atoms with Gasteiger partial charge in [-0.3, -0.25) is 4.79 Å². The number of carbonyl (C=O) groups is 1. The highest BCUT2D eigenvalue weighted by molar-refractivity contribution is 6.29. The third-order valence-electron chi connectivity index (χ3n) is 3.22. The molecule has 0 spiro atoms. The van der Waals surface area contributed by atoms with Gasteiger partial charge in [0.15, 0.2) is 0 Å². The number of carbonyl (C=O) groups excluding carboxylic acids is 1. The van der Waals surface area contributed by atoms with Gasteiger partial charge >= 0.3 is 0 Å². The summed E-state index contributed by atoms with van der Waals surface area (Å²) in [7, 11) is 0. The number of halogens is 1. The minimum Gasteiger partial charge on any atom is -0.324 e. The molecule has 1 aromatic rings. The van der Waals surface area contributed by atoms with E-state index in [0.29, 0.717) is 5.15 Å². The van der Waals surface area contributed by atoms with Crippen molar-refractivity contribution in [2.75, 3.05) is 5.32 Å². The summed E-state index contributed by atoms with van der Waals surface area (Å²) in [5.74, 6) is 0.282. The molecule has 0 radical (unpaired) electrons. The van der Waals surface area contributed by atoms with Crippen LogP contribution in [0.3, 0.4) is 0 Å². The van der Waals surface area contributed by atoms with E-state index < -0.39 is 0 Å². The second-order valence-electron chi connectivity index (χ2n) is 4.55. The Hall–Kier alpha value is -1.09. The smallest absolute Gasteiger partial charge is 0.227 e. The number of amides is 1. The van der Waals surface area contributed by atoms with E-state index in [2.05, 4.69) is 10.3 Å². The molecule has 17 heavy (non-hydrogen) atoms. The van der Waals surface area contributed by atoms with Gasteiger partial charge in [-0.25, -0.2) is 4.98 Å². The Kier molecular flexibility index (Phi) is 4.37. The molecule has 0 saturated heterocycles. The molecule has 1 N–H and O–H groups in total. The van der Waals surface area contributed by atoms with Gasteiger partial charge in [0, 0.05) is 5.92 Å². The van der Waals surface area contributed by atoms with E-state index in [1.165, 1.54) is 12.8 Å². The Bertz CT molecular complexity index is 370. The average molecular weight is 253 g/mol. The van der Waals surface area contributed by atoms with E-state index in [-0.39, 0.29) is 11.8 Å². The van der Waals surface area contributed by atoms with E-state index in [1.54, 1.807) is 18.3 Å². The van der Waals surface area contributed by atoms with E-state index in [4.69, 9.17) is 11.6 Å². The second kappa shape index (κ2) is 6.01. The molecule has 4 heteroatoms. The average Bonchev–Trinajstić information content (AvgIpc) is 2.61. The molecule has 1 fully saturated rings. The highest BCUT2D eigenvalue weighted by Crippen LogP contribution is 2.24. The normalized spacial score (nSPS) is 17.5. The number of nitrogens with zero attached hydrogens (tertiary/aromatic N) is 1. The first-order valence-electron chi connectivity index (χ1n) is 6.18. The summed E-state index contributed by atoms with van der Waals surface area (Å²) in [5, 5.41) is 3.35. The maximum atomic E-state index is 12.0. The van der Waals surface area contributed by atoms with E-state index in [9.17, 15) is 4.79 Å². The highest BCUT2D eigenvalue weighted by Gasteiger charge is 2.19. The van der Waals surface area contributed by atoms with Crippen molar-refractivity contribution in [1.82, 2.24) is 4.98 Å². The molecule has 3 nitrogen and oxygen atoms in total. The zero-order valence-corrected chi connectivity index (χ0v) is 10.5. The predicted octanol–water partition coefficient (Wildman–Crippen LogP) is 3.64. The quantitative estimate of drug-likeness (QED) is 0.645. The molecule has 1 aromatic heterocycles. The van der Waals surface area contributed by atoms with Gasteiger partial charge in [0.05, 0.1) is 11.9 Å². The van der Waals surface area contributed by atoms with Crippen molar-refractivity contribution in [2.45, 2.75) is 38.5 Å². The molecule has 0 unspecified atom stereocenters. The summed E-state index contributed by atoms with van der Waals surface area (Å²) in [6.07, 6.45) is 8.45. The van der Waals surface area contributed by atoms with Crippen molar-refractivity contribution in [3.05, 3.63) is 23.5 Å². The first kappa shape index (κ1) is 12.4. The molecule has 92 valence electrons. The summed E-state index contributed by atoms with van der Waals surface area (Å²) in [6, 6.07) is 3.47. The molecule has 0 aromatic carbocycles. The number of anilines is 1. The fourth-order valence-corrected chi connectivity index (χ4v) is 2.35. The largest absolute Gasteiger partial charge is 0.324 e. The van der Waals surface area contributed by atoms with Crippen LogP contribution in [-0.4, -0.2) is 10.9 Å². The lowest BCUT2D eigenvalue weighted by molar-refractivity contribution is -0.120. The lowest BCUT2D eigenvalue weighted by Gasteiger charge is -2.13. The van der Waals surface area contributed by atoms with Crippen molar-refractivity contribution in [3.8, 4) is 0 Å². The summed E-state index contributed by atoms with van der Waals surface area (Å²) in [4.78, 5) is 16.0. The van der Waals surface area contributed by atoms with Crippen LogP contribution in [0.2, 0.25) is 5.15 Å². The molecule has 0 atom stereocenters. The Labute approximate surface area is 107 Å². The monoisotopic (exact) mass is 252 g/mol. The van der Waals surface area contributed by atoms with Gasteiger partial charge in [-0.1, -0.05) is 37.3 Å². The van der Waals surface area contributed by atoms with Crippen LogP contribution in [0.4, 0.5) is 5.69 Å². The van der Waals surface area contributed by atoms with Gasteiger partial charge in [0.1, 0.15) is 5.15 Å². The van der Waals surface area contributed by atoms with Crippen molar-refractivity contribution in [3.63, 3.8) is 0 Å². The van der Waals surface area contributed by atoms with Gasteiger partial charge in [0.25, 0.3) is 0 Å². The first-order chi connectivity index (χ1) is 8.25. The molecule has 1 heterocycles. The highest BCUT2D eigenvalue weighted by atomic mass is 35.5. The van der Waals surface area contributed by atoms with E-state index >= 15 is 0 Å². The zero-order valence-electron chi connectivity index (χ0n) is 9.79. The number of pyridine rings is 1. The van der Waals surface area contributed by atoms with Crippen molar-refractivity contribution >= 4 is 23.2 Å². The molecule has 1 amide bonds. The molecule has 0 aliphatic heterocycles. The van der Waals surface area contributed by atoms with Crippen LogP contribution in [0.5, 0.6) is 0 Å². The number of nitrogens with one attached hydrogen (secondary N) is 1. The third-order valence-corrected chi connectivity index (χ3v) is 3.44. The molecule has 0 bridgehead atoms. The van der Waals surface area contributed by atoms with Gasteiger partial charge in [-0.05, 0) is 25.0 Å². The first-order valence-corrected chi connectivity index (χ1v) is 6.56. The van der Waals surface area contributed by atoms with Gasteiger partial charge in [0.2, 0.25) is 5.91 Å². The van der Waals surface area contributed by atoms with Gasteiger partial charge in [-0.15, -0.1) is 0 Å². The predicted molar refractivity (Wildman–Crippen MR) is 69.1 cm³/mol. The van der Waals surface area contributed by atoms with Crippen LogP contribution in [0, 0.1) is 5.92 Å². The maximum absolute atomic E-state index is 12.0. The number of rotatable bonds is 2. The molecular weight excluding hydrogens is 236 g/mol. The van der Waals surface area contributed by atoms with Crippen molar-refractivity contribution in [2.24, 2.45) is 5.92 Å². The molecule has 2 rings (SSSR count). The van der Waals surface area contributed by atoms with Crippen molar-refractivity contribution < 1.29 is 4.79 Å². The minimum atomic E-state index is 0.121. The van der Waals surface area contributed by atoms with Gasteiger partial charge < -0.3 is 5.32 Å². The van der Waals surface area contributed by atoms with Crippen LogP contribution in [-0.2, 0) is 4.79 Å². The van der Waals surface area contributed by atoms with Crippen molar-refractivity contribution in [1.29, 1.82) is 0 Å². The number of hydrogen-bond donors (Lipinski definition) is 1. The standard InChI is InChI=1S/C13H17ClN2O/c14-12-8-7-11(9-15-12)16-13(17)10-5-3-1-2-4-6-10/h7-10H,1-6H2,(H,16,17). The summed E-state index contributed by atoms with van der Waals surface area (Å²) < 4.78 is 0. The van der Waals surface area contributed by atoms with Gasteiger partial charge in [-0.2, -0.15) is 0 Å². The molecular formula is C13H17ClN2O. The van der Waals surface area contributed by atoms with E-state index in [0.717, 1.165) is 31.4 Å².